The van der Waals surface area contributed by atoms with Crippen LogP contribution in [0.3, 0.4) is 0 Å². The molecule has 2 heterocycles. The monoisotopic (exact) mass is 404 g/mol. The molecule has 0 bridgehead atoms. The molecule has 0 saturated heterocycles. The highest BCUT2D eigenvalue weighted by Gasteiger charge is 2.35. The number of ketones is 1. The molecule has 1 N–H and O–H groups in total. The summed E-state index contributed by atoms with van der Waals surface area (Å²) >= 11 is 0.611. The molecule has 0 fully saturated rings. The Labute approximate surface area is 150 Å². The van der Waals surface area contributed by atoms with E-state index in [1.807, 2.05) is 0 Å². The van der Waals surface area contributed by atoms with Gasteiger partial charge in [0.25, 0.3) is 0 Å². The Morgan fingerprint density at radius 2 is 2.04 bits per heavy atom. The number of rotatable bonds is 4. The normalized spacial score (nSPS) is 14.1. The Morgan fingerprint density at radius 1 is 1.31 bits per heavy atom. The molecule has 1 aliphatic rings. The first-order valence-corrected chi connectivity index (χ1v) is 9.77. The van der Waals surface area contributed by atoms with E-state index >= 15 is 0 Å². The number of hydrogen-bond acceptors (Lipinski definition) is 6. The number of benzene rings is 1. The lowest BCUT2D eigenvalue weighted by Crippen LogP contribution is -2.11. The number of aromatic nitrogens is 1. The van der Waals surface area contributed by atoms with E-state index in [-0.39, 0.29) is 39.3 Å². The van der Waals surface area contributed by atoms with E-state index in [4.69, 9.17) is 4.74 Å². The summed E-state index contributed by atoms with van der Waals surface area (Å²) in [6.07, 6.45) is -2.53. The van der Waals surface area contributed by atoms with E-state index in [2.05, 4.69) is 9.71 Å². The van der Waals surface area contributed by atoms with Crippen LogP contribution in [0.15, 0.2) is 40.4 Å². The zero-order valence-corrected chi connectivity index (χ0v) is 14.8. The largest absolute Gasteiger partial charge is 0.485 e. The van der Waals surface area contributed by atoms with Crippen LogP contribution < -0.4 is 9.46 Å². The molecular weight excluding hydrogens is 393 g/mol. The van der Waals surface area contributed by atoms with Crippen LogP contribution in [0.25, 0.3) is 0 Å². The molecule has 1 aliphatic heterocycles. The van der Waals surface area contributed by atoms with E-state index in [0.717, 1.165) is 18.4 Å². The number of carbonyl (C=O) groups is 1. The molecule has 138 valence electrons. The van der Waals surface area contributed by atoms with Gasteiger partial charge in [0, 0.05) is 17.2 Å². The standard InChI is InChI=1S/C15H11F3N2O4S2/c1-26(22,23)20-10-6-12-8(11(21)7-24-12)5-13(10)25-14-9(15(16,17)18)3-2-4-19-14/h2-6,20H,7H2,1H3. The molecule has 0 spiro atoms. The fourth-order valence-corrected chi connectivity index (χ4v) is 3.92. The van der Waals surface area contributed by atoms with Crippen LogP contribution >= 0.6 is 11.8 Å². The Kier molecular flexibility index (Phi) is 4.61. The van der Waals surface area contributed by atoms with E-state index in [9.17, 15) is 26.4 Å². The van der Waals surface area contributed by atoms with Crippen molar-refractivity contribution >= 4 is 33.3 Å². The maximum atomic E-state index is 13.2. The molecule has 0 atom stereocenters. The van der Waals surface area contributed by atoms with E-state index in [1.54, 1.807) is 0 Å². The van der Waals surface area contributed by atoms with Crippen molar-refractivity contribution in [1.82, 2.24) is 4.98 Å². The number of anilines is 1. The van der Waals surface area contributed by atoms with Crippen LogP contribution in [-0.2, 0) is 16.2 Å². The van der Waals surface area contributed by atoms with E-state index < -0.39 is 21.8 Å². The number of pyridine rings is 1. The molecule has 1 aromatic heterocycles. The molecule has 26 heavy (non-hydrogen) atoms. The number of hydrogen-bond donors (Lipinski definition) is 1. The van der Waals surface area contributed by atoms with Crippen molar-refractivity contribution in [3.05, 3.63) is 41.6 Å². The van der Waals surface area contributed by atoms with Crippen molar-refractivity contribution in [3.8, 4) is 5.75 Å². The zero-order chi connectivity index (χ0) is 19.1. The third kappa shape index (κ3) is 3.93. The second kappa shape index (κ2) is 6.47. The average molecular weight is 404 g/mol. The van der Waals surface area contributed by atoms with Gasteiger partial charge in [-0.1, -0.05) is 11.8 Å². The number of carbonyl (C=O) groups excluding carboxylic acids is 1. The van der Waals surface area contributed by atoms with Gasteiger partial charge in [-0.05, 0) is 18.2 Å². The van der Waals surface area contributed by atoms with Gasteiger partial charge >= 0.3 is 6.18 Å². The van der Waals surface area contributed by atoms with Crippen LogP contribution in [-0.4, -0.2) is 32.0 Å². The molecule has 6 nitrogen and oxygen atoms in total. The summed E-state index contributed by atoms with van der Waals surface area (Å²) in [6, 6.07) is 4.61. The fraction of sp³-hybridized carbons (Fsp3) is 0.200. The molecule has 2 aromatic rings. The third-order valence-electron chi connectivity index (χ3n) is 3.32. The predicted octanol–water partition coefficient (Wildman–Crippen LogP) is 3.20. The number of Topliss-reactive ketones (excluding diaryl/α,β-unsaturated/α-hetero) is 1. The van der Waals surface area contributed by atoms with Gasteiger partial charge in [0.05, 0.1) is 23.1 Å². The number of halogens is 3. The third-order valence-corrected chi connectivity index (χ3v) is 4.99. The Morgan fingerprint density at radius 3 is 2.69 bits per heavy atom. The number of alkyl halides is 3. The van der Waals surface area contributed by atoms with Crippen molar-refractivity contribution in [1.29, 1.82) is 0 Å². The van der Waals surface area contributed by atoms with Crippen LogP contribution in [0.1, 0.15) is 15.9 Å². The second-order valence-corrected chi connectivity index (χ2v) is 8.17. The van der Waals surface area contributed by atoms with Gasteiger partial charge in [-0.3, -0.25) is 9.52 Å². The molecule has 0 amide bonds. The summed E-state index contributed by atoms with van der Waals surface area (Å²) in [5.74, 6) is -0.174. The molecule has 0 radical (unpaired) electrons. The average Bonchev–Trinajstić information content (AvgIpc) is 2.86. The quantitative estimate of drug-likeness (QED) is 0.842. The highest BCUT2D eigenvalue weighted by atomic mass is 32.2. The van der Waals surface area contributed by atoms with Gasteiger partial charge in [-0.15, -0.1) is 0 Å². The SMILES string of the molecule is CS(=O)(=O)Nc1cc2c(cc1Sc1ncccc1C(F)(F)F)C(=O)CO2. The number of nitrogens with one attached hydrogen (secondary N) is 1. The molecule has 11 heteroatoms. The van der Waals surface area contributed by atoms with E-state index in [0.29, 0.717) is 11.8 Å². The topological polar surface area (TPSA) is 85.4 Å². The minimum Gasteiger partial charge on any atom is -0.485 e. The predicted molar refractivity (Wildman–Crippen MR) is 88.1 cm³/mol. The molecule has 1 aromatic carbocycles. The number of sulfonamides is 1. The molecule has 3 rings (SSSR count). The minimum absolute atomic E-state index is 0.00438. The second-order valence-electron chi connectivity index (χ2n) is 5.39. The lowest BCUT2D eigenvalue weighted by atomic mass is 10.1. The minimum atomic E-state index is -4.63. The van der Waals surface area contributed by atoms with Crippen molar-refractivity contribution in [2.45, 2.75) is 16.1 Å². The molecule has 0 unspecified atom stereocenters. The van der Waals surface area contributed by atoms with Gasteiger partial charge in [0.1, 0.15) is 10.8 Å². The van der Waals surface area contributed by atoms with Crippen LogP contribution in [0.5, 0.6) is 5.75 Å². The molecular formula is C15H11F3N2O4S2. The maximum absolute atomic E-state index is 13.2. The van der Waals surface area contributed by atoms with Crippen molar-refractivity contribution in [2.24, 2.45) is 0 Å². The smallest absolute Gasteiger partial charge is 0.419 e. The summed E-state index contributed by atoms with van der Waals surface area (Å²) in [5.41, 5.74) is -0.779. The lowest BCUT2D eigenvalue weighted by molar-refractivity contribution is -0.140. The van der Waals surface area contributed by atoms with Gasteiger partial charge in [0.15, 0.2) is 6.61 Å². The number of nitrogens with zero attached hydrogens (tertiary/aromatic N) is 1. The first-order chi connectivity index (χ1) is 12.0. The lowest BCUT2D eigenvalue weighted by Gasteiger charge is -2.14. The number of fused-ring (bicyclic) bond motifs is 1. The van der Waals surface area contributed by atoms with Crippen molar-refractivity contribution < 1.29 is 31.1 Å². The van der Waals surface area contributed by atoms with Crippen LogP contribution in [0.4, 0.5) is 18.9 Å². The van der Waals surface area contributed by atoms with Crippen LogP contribution in [0.2, 0.25) is 0 Å². The van der Waals surface area contributed by atoms with Gasteiger partial charge in [-0.2, -0.15) is 13.2 Å². The first-order valence-electron chi connectivity index (χ1n) is 7.06. The van der Waals surface area contributed by atoms with E-state index in [1.165, 1.54) is 18.3 Å². The van der Waals surface area contributed by atoms with Gasteiger partial charge in [-0.25, -0.2) is 13.4 Å². The summed E-state index contributed by atoms with van der Waals surface area (Å²) in [6.45, 7) is -0.209. The fourth-order valence-electron chi connectivity index (χ4n) is 2.27. The Bertz CT molecular complexity index is 991. The summed E-state index contributed by atoms with van der Waals surface area (Å²) in [5, 5.41) is -0.358. The molecule has 0 aliphatic carbocycles. The Hall–Kier alpha value is -2.27. The van der Waals surface area contributed by atoms with Crippen molar-refractivity contribution in [3.63, 3.8) is 0 Å². The first kappa shape index (κ1) is 18.5. The van der Waals surface area contributed by atoms with Crippen LogP contribution in [0, 0.1) is 0 Å². The van der Waals surface area contributed by atoms with Gasteiger partial charge < -0.3 is 4.74 Å². The van der Waals surface area contributed by atoms with Crippen molar-refractivity contribution in [2.75, 3.05) is 17.6 Å². The Balaban J connectivity index is 2.10. The van der Waals surface area contributed by atoms with Gasteiger partial charge in [0.2, 0.25) is 15.8 Å². The number of ether oxygens (including phenoxy) is 1. The summed E-state index contributed by atoms with van der Waals surface area (Å²) in [7, 11) is -3.71. The zero-order valence-electron chi connectivity index (χ0n) is 13.1. The maximum Gasteiger partial charge on any atom is 0.419 e. The highest BCUT2D eigenvalue weighted by molar-refractivity contribution is 7.99. The summed E-state index contributed by atoms with van der Waals surface area (Å²) < 4.78 is 70.0. The highest BCUT2D eigenvalue weighted by Crippen LogP contribution is 2.43. The molecule has 0 saturated carbocycles. The summed E-state index contributed by atoms with van der Waals surface area (Å²) in [4.78, 5) is 15.7.